The Labute approximate surface area is 137 Å². The fourth-order valence-electron chi connectivity index (χ4n) is 1.95. The number of nitrogens with one attached hydrogen (secondary N) is 1. The van der Waals surface area contributed by atoms with E-state index in [0.717, 1.165) is 11.6 Å². The van der Waals surface area contributed by atoms with Crippen molar-refractivity contribution < 1.29 is 8.78 Å². The number of hydrogen-bond donors (Lipinski definition) is 1. The van der Waals surface area contributed by atoms with Crippen molar-refractivity contribution in [2.24, 2.45) is 0 Å². The molecule has 0 heterocycles. The molecule has 0 radical (unpaired) electrons. The molecule has 0 saturated heterocycles. The summed E-state index contributed by atoms with van der Waals surface area (Å²) >= 11 is 12.2. The smallest absolute Gasteiger partial charge is 0.137 e. The van der Waals surface area contributed by atoms with Gasteiger partial charge in [0.1, 0.15) is 11.6 Å². The van der Waals surface area contributed by atoms with Gasteiger partial charge in [-0.25, -0.2) is 8.78 Å². The summed E-state index contributed by atoms with van der Waals surface area (Å²) in [5.41, 5.74) is 1.02. The summed E-state index contributed by atoms with van der Waals surface area (Å²) in [4.78, 5) is 0. The molecule has 2 aromatic carbocycles. The Hall–Kier alpha value is -0.490. The van der Waals surface area contributed by atoms with E-state index >= 15 is 0 Å². The van der Waals surface area contributed by atoms with Crippen molar-refractivity contribution >= 4 is 43.5 Å². The molecule has 0 amide bonds. The third-order valence-corrected chi connectivity index (χ3v) is 4.74. The highest BCUT2D eigenvalue weighted by Crippen LogP contribution is 2.31. The molecule has 2 aromatic rings. The van der Waals surface area contributed by atoms with Crippen LogP contribution in [0.1, 0.15) is 17.2 Å². The topological polar surface area (TPSA) is 12.0 Å². The molecular weight excluding hydrogens is 415 g/mol. The Morgan fingerprint density at radius 1 is 1.05 bits per heavy atom. The van der Waals surface area contributed by atoms with Crippen molar-refractivity contribution in [3.63, 3.8) is 0 Å². The van der Waals surface area contributed by atoms with E-state index in [1.54, 1.807) is 25.2 Å². The predicted octanol–water partition coefficient (Wildman–Crippen LogP) is 5.45. The van der Waals surface area contributed by atoms with Crippen molar-refractivity contribution in [1.29, 1.82) is 0 Å². The van der Waals surface area contributed by atoms with Gasteiger partial charge in [-0.15, -0.1) is 0 Å². The van der Waals surface area contributed by atoms with E-state index < -0.39 is 17.7 Å². The Kier molecular flexibility index (Phi) is 5.18. The van der Waals surface area contributed by atoms with Gasteiger partial charge in [-0.1, -0.05) is 17.7 Å². The van der Waals surface area contributed by atoms with Crippen molar-refractivity contribution in [3.8, 4) is 0 Å². The minimum Gasteiger partial charge on any atom is -0.309 e. The molecule has 0 bridgehead atoms. The zero-order chi connectivity index (χ0) is 14.9. The van der Waals surface area contributed by atoms with Crippen LogP contribution in [0.2, 0.25) is 5.02 Å². The molecule has 2 rings (SSSR count). The van der Waals surface area contributed by atoms with Crippen LogP contribution in [0.3, 0.4) is 0 Å². The van der Waals surface area contributed by atoms with Crippen LogP contribution in [0.4, 0.5) is 8.78 Å². The number of rotatable bonds is 3. The van der Waals surface area contributed by atoms with E-state index in [2.05, 4.69) is 37.2 Å². The lowest BCUT2D eigenvalue weighted by atomic mass is 9.98. The zero-order valence-electron chi connectivity index (χ0n) is 10.4. The van der Waals surface area contributed by atoms with Crippen molar-refractivity contribution in [3.05, 3.63) is 67.1 Å². The van der Waals surface area contributed by atoms with E-state index in [0.29, 0.717) is 9.50 Å². The van der Waals surface area contributed by atoms with Gasteiger partial charge in [0.25, 0.3) is 0 Å². The van der Waals surface area contributed by atoms with Crippen molar-refractivity contribution in [2.45, 2.75) is 6.04 Å². The van der Waals surface area contributed by atoms with Crippen molar-refractivity contribution in [1.82, 2.24) is 5.32 Å². The Morgan fingerprint density at radius 2 is 1.75 bits per heavy atom. The summed E-state index contributed by atoms with van der Waals surface area (Å²) in [7, 11) is 1.69. The standard InChI is InChI=1S/C14H10Br2ClF2N/c1-20-14(7-2-3-11(17)9(15)4-7)8-5-13(19)10(16)6-12(8)18/h2-6,14,20H,1H3. The zero-order valence-corrected chi connectivity index (χ0v) is 14.3. The molecule has 0 spiro atoms. The predicted molar refractivity (Wildman–Crippen MR) is 84.1 cm³/mol. The monoisotopic (exact) mass is 423 g/mol. The largest absolute Gasteiger partial charge is 0.309 e. The van der Waals surface area contributed by atoms with Crippen LogP contribution >= 0.6 is 43.5 Å². The number of hydrogen-bond acceptors (Lipinski definition) is 1. The molecule has 20 heavy (non-hydrogen) atoms. The van der Waals surface area contributed by atoms with E-state index in [-0.39, 0.29) is 10.0 Å². The lowest BCUT2D eigenvalue weighted by molar-refractivity contribution is 0.554. The summed E-state index contributed by atoms with van der Waals surface area (Å²) in [6.45, 7) is 0. The van der Waals surface area contributed by atoms with Gasteiger partial charge in [0.2, 0.25) is 0 Å². The van der Waals surface area contributed by atoms with Gasteiger partial charge < -0.3 is 5.32 Å². The molecule has 1 unspecified atom stereocenters. The van der Waals surface area contributed by atoms with Crippen LogP contribution in [0.15, 0.2) is 39.3 Å². The second-order valence-corrected chi connectivity index (χ2v) is 6.30. The second-order valence-electron chi connectivity index (χ2n) is 4.18. The van der Waals surface area contributed by atoms with Crippen LogP contribution in [-0.4, -0.2) is 7.05 Å². The molecule has 0 aromatic heterocycles. The average molecular weight is 425 g/mol. The van der Waals surface area contributed by atoms with Gasteiger partial charge in [-0.3, -0.25) is 0 Å². The summed E-state index contributed by atoms with van der Waals surface area (Å²) < 4.78 is 28.5. The minimum atomic E-state index is -0.505. The quantitative estimate of drug-likeness (QED) is 0.645. The van der Waals surface area contributed by atoms with Crippen LogP contribution < -0.4 is 5.32 Å². The van der Waals surface area contributed by atoms with Crippen molar-refractivity contribution in [2.75, 3.05) is 7.05 Å². The fourth-order valence-corrected chi connectivity index (χ4v) is 2.78. The highest BCUT2D eigenvalue weighted by Gasteiger charge is 2.19. The minimum absolute atomic E-state index is 0.103. The van der Waals surface area contributed by atoms with Crippen LogP contribution in [0.5, 0.6) is 0 Å². The van der Waals surface area contributed by atoms with Gasteiger partial charge in [0, 0.05) is 10.0 Å². The van der Waals surface area contributed by atoms with Gasteiger partial charge in [0.15, 0.2) is 0 Å². The second kappa shape index (κ2) is 6.52. The summed E-state index contributed by atoms with van der Waals surface area (Å²) in [5.74, 6) is -0.988. The van der Waals surface area contributed by atoms with Gasteiger partial charge in [-0.2, -0.15) is 0 Å². The first kappa shape index (κ1) is 15.9. The van der Waals surface area contributed by atoms with Gasteiger partial charge in [0.05, 0.1) is 15.5 Å². The van der Waals surface area contributed by atoms with Crippen LogP contribution in [0, 0.1) is 11.6 Å². The third-order valence-electron chi connectivity index (χ3n) is 2.92. The first-order valence-corrected chi connectivity index (χ1v) is 7.67. The molecule has 106 valence electrons. The summed E-state index contributed by atoms with van der Waals surface area (Å²) in [6.07, 6.45) is 0. The first-order chi connectivity index (χ1) is 9.43. The maximum atomic E-state index is 14.1. The normalized spacial score (nSPS) is 12.5. The molecule has 1 N–H and O–H groups in total. The molecule has 6 heteroatoms. The summed E-state index contributed by atoms with van der Waals surface area (Å²) in [5, 5.41) is 3.54. The third kappa shape index (κ3) is 3.22. The fraction of sp³-hybridized carbons (Fsp3) is 0.143. The molecule has 1 atom stereocenters. The molecule has 0 aliphatic carbocycles. The van der Waals surface area contributed by atoms with E-state index in [1.165, 1.54) is 6.07 Å². The Morgan fingerprint density at radius 3 is 2.35 bits per heavy atom. The highest BCUT2D eigenvalue weighted by molar-refractivity contribution is 9.10. The lowest BCUT2D eigenvalue weighted by Crippen LogP contribution is -2.19. The SMILES string of the molecule is CNC(c1ccc(Cl)c(Br)c1)c1cc(F)c(Br)cc1F. The number of halogens is 5. The van der Waals surface area contributed by atoms with Gasteiger partial charge >= 0.3 is 0 Å². The maximum Gasteiger partial charge on any atom is 0.137 e. The highest BCUT2D eigenvalue weighted by atomic mass is 79.9. The van der Waals surface area contributed by atoms with E-state index in [4.69, 9.17) is 11.6 Å². The van der Waals surface area contributed by atoms with Crippen LogP contribution in [-0.2, 0) is 0 Å². The Balaban J connectivity index is 2.52. The molecule has 1 nitrogen and oxygen atoms in total. The molecular formula is C14H10Br2ClF2N. The van der Waals surface area contributed by atoms with E-state index in [1.807, 2.05) is 0 Å². The van der Waals surface area contributed by atoms with Crippen LogP contribution in [0.25, 0.3) is 0 Å². The van der Waals surface area contributed by atoms with E-state index in [9.17, 15) is 8.78 Å². The average Bonchev–Trinajstić information content (AvgIpc) is 2.40. The molecule has 0 aliphatic rings. The maximum absolute atomic E-state index is 14.1. The molecule has 0 fully saturated rings. The Bertz CT molecular complexity index is 649. The first-order valence-electron chi connectivity index (χ1n) is 5.70. The summed E-state index contributed by atoms with van der Waals surface area (Å²) in [6, 6.07) is 7.10. The van der Waals surface area contributed by atoms with Gasteiger partial charge in [-0.05, 0) is 68.7 Å². The lowest BCUT2D eigenvalue weighted by Gasteiger charge is -2.19. The molecule has 0 saturated carbocycles. The molecule has 0 aliphatic heterocycles. The number of benzene rings is 2.